The number of carbonyl (C=O) groups is 2. The molecule has 1 aromatic heterocycles. The minimum absolute atomic E-state index is 0.00801. The van der Waals surface area contributed by atoms with Gasteiger partial charge in [-0.2, -0.15) is 0 Å². The van der Waals surface area contributed by atoms with Gasteiger partial charge in [-0.1, -0.05) is 12.8 Å². The van der Waals surface area contributed by atoms with Crippen LogP contribution < -0.4 is 5.32 Å². The van der Waals surface area contributed by atoms with Gasteiger partial charge in [0, 0.05) is 49.1 Å². The second-order valence-electron chi connectivity index (χ2n) is 7.72. The summed E-state index contributed by atoms with van der Waals surface area (Å²) in [5.74, 6) is 0.984. The number of methoxy groups -OCH3 is 1. The number of aryl methyl sites for hydroxylation is 2. The number of likely N-dealkylation sites (tertiary alicyclic amines) is 1. The van der Waals surface area contributed by atoms with Gasteiger partial charge in [0.05, 0.1) is 6.42 Å². The Morgan fingerprint density at radius 2 is 1.81 bits per heavy atom. The van der Waals surface area contributed by atoms with Gasteiger partial charge in [0.1, 0.15) is 12.4 Å². The van der Waals surface area contributed by atoms with Crippen molar-refractivity contribution in [1.29, 1.82) is 0 Å². The molecule has 0 bridgehead atoms. The molecule has 1 saturated heterocycles. The largest absolute Gasteiger partial charge is 0.375 e. The first-order chi connectivity index (χ1) is 13.0. The average Bonchev–Trinajstić information content (AvgIpc) is 3.30. The molecule has 1 saturated carbocycles. The Kier molecular flexibility index (Phi) is 6.42. The molecule has 27 heavy (non-hydrogen) atoms. The lowest BCUT2D eigenvalue weighted by atomic mass is 10.0. The first-order valence-corrected chi connectivity index (χ1v) is 9.88. The maximum Gasteiger partial charge on any atom is 0.248 e. The van der Waals surface area contributed by atoms with E-state index in [2.05, 4.69) is 15.3 Å². The van der Waals surface area contributed by atoms with Gasteiger partial charge in [-0.05, 0) is 33.1 Å². The number of rotatable bonds is 6. The number of amides is 2. The lowest BCUT2D eigenvalue weighted by Gasteiger charge is -2.17. The Morgan fingerprint density at radius 1 is 1.15 bits per heavy atom. The van der Waals surface area contributed by atoms with Gasteiger partial charge in [0.2, 0.25) is 11.8 Å². The summed E-state index contributed by atoms with van der Waals surface area (Å²) in [6.45, 7) is 5.33. The highest BCUT2D eigenvalue weighted by Crippen LogP contribution is 2.26. The monoisotopic (exact) mass is 374 g/mol. The molecule has 2 aliphatic rings. The molecular weight excluding hydrogens is 344 g/mol. The van der Waals surface area contributed by atoms with Gasteiger partial charge < -0.3 is 15.0 Å². The van der Waals surface area contributed by atoms with Crippen molar-refractivity contribution >= 4 is 11.8 Å². The molecule has 1 atom stereocenters. The fraction of sp³-hybridized carbons (Fsp3) is 0.700. The van der Waals surface area contributed by atoms with Crippen molar-refractivity contribution in [3.63, 3.8) is 0 Å². The number of nitrogens with zero attached hydrogens (tertiary/aromatic N) is 3. The van der Waals surface area contributed by atoms with Crippen molar-refractivity contribution in [1.82, 2.24) is 20.2 Å². The van der Waals surface area contributed by atoms with Crippen molar-refractivity contribution in [2.45, 2.75) is 64.3 Å². The number of nitrogens with one attached hydrogen (secondary N) is 1. The Labute approximate surface area is 160 Å². The van der Waals surface area contributed by atoms with E-state index < -0.39 is 0 Å². The van der Waals surface area contributed by atoms with Crippen molar-refractivity contribution in [3.8, 4) is 0 Å². The molecule has 2 fully saturated rings. The normalized spacial score (nSPS) is 20.3. The average molecular weight is 374 g/mol. The van der Waals surface area contributed by atoms with E-state index in [1.807, 2.05) is 18.7 Å². The Balaban J connectivity index is 1.64. The number of hydrogen-bond donors (Lipinski definition) is 1. The molecule has 1 aliphatic carbocycles. The molecule has 0 aromatic carbocycles. The van der Waals surface area contributed by atoms with Crippen molar-refractivity contribution in [3.05, 3.63) is 22.8 Å². The fourth-order valence-electron chi connectivity index (χ4n) is 4.13. The van der Waals surface area contributed by atoms with Crippen LogP contribution in [0.5, 0.6) is 0 Å². The quantitative estimate of drug-likeness (QED) is 0.819. The van der Waals surface area contributed by atoms with Crippen LogP contribution in [0.4, 0.5) is 0 Å². The predicted molar refractivity (Wildman–Crippen MR) is 101 cm³/mol. The standard InChI is InChI=1S/C20H30N4O3/c1-13-17(10-18(25)23-16-6-4-5-7-16)14(2)22-20(21-13)15-8-9-24(11-15)19(26)12-27-3/h15-16H,4-12H2,1-3H3,(H,23,25)/t15-/m0/s1. The number of hydrogen-bond acceptors (Lipinski definition) is 5. The zero-order valence-electron chi connectivity index (χ0n) is 16.6. The highest BCUT2D eigenvalue weighted by atomic mass is 16.5. The summed E-state index contributed by atoms with van der Waals surface area (Å²) >= 11 is 0. The van der Waals surface area contributed by atoms with Crippen LogP contribution in [-0.4, -0.2) is 59.5 Å². The van der Waals surface area contributed by atoms with Crippen molar-refractivity contribution in [2.24, 2.45) is 0 Å². The number of ether oxygens (including phenoxy) is 1. The Bertz CT molecular complexity index is 677. The summed E-state index contributed by atoms with van der Waals surface area (Å²) in [6, 6.07) is 0.326. The lowest BCUT2D eigenvalue weighted by molar-refractivity contribution is -0.134. The molecule has 7 heteroatoms. The van der Waals surface area contributed by atoms with E-state index in [-0.39, 0.29) is 24.3 Å². The van der Waals surface area contributed by atoms with Crippen molar-refractivity contribution in [2.75, 3.05) is 26.8 Å². The highest BCUT2D eigenvalue weighted by Gasteiger charge is 2.30. The third-order valence-corrected chi connectivity index (χ3v) is 5.67. The third-order valence-electron chi connectivity index (χ3n) is 5.67. The first kappa shape index (κ1) is 19.7. The second kappa shape index (κ2) is 8.78. The maximum absolute atomic E-state index is 12.4. The summed E-state index contributed by atoms with van der Waals surface area (Å²) in [6.07, 6.45) is 5.75. The first-order valence-electron chi connectivity index (χ1n) is 9.88. The summed E-state index contributed by atoms with van der Waals surface area (Å²) < 4.78 is 4.94. The van der Waals surface area contributed by atoms with E-state index in [1.54, 1.807) is 0 Å². The fourth-order valence-corrected chi connectivity index (χ4v) is 4.13. The molecular formula is C20H30N4O3. The molecule has 0 spiro atoms. The molecule has 148 valence electrons. The molecule has 3 rings (SSSR count). The smallest absolute Gasteiger partial charge is 0.248 e. The van der Waals surface area contributed by atoms with Gasteiger partial charge >= 0.3 is 0 Å². The van der Waals surface area contributed by atoms with Gasteiger partial charge in [-0.3, -0.25) is 9.59 Å². The lowest BCUT2D eigenvalue weighted by Crippen LogP contribution is -2.34. The van der Waals surface area contributed by atoms with Crippen LogP contribution in [0.15, 0.2) is 0 Å². The SMILES string of the molecule is COCC(=O)N1CC[C@H](c2nc(C)c(CC(=O)NC3CCCC3)c(C)n2)C1. The van der Waals surface area contributed by atoms with E-state index in [0.717, 1.165) is 42.0 Å². The molecule has 2 heterocycles. The zero-order valence-corrected chi connectivity index (χ0v) is 16.6. The summed E-state index contributed by atoms with van der Waals surface area (Å²) in [4.78, 5) is 35.5. The minimum Gasteiger partial charge on any atom is -0.375 e. The van der Waals surface area contributed by atoms with E-state index in [9.17, 15) is 9.59 Å². The molecule has 7 nitrogen and oxygen atoms in total. The van der Waals surface area contributed by atoms with Gasteiger partial charge in [-0.25, -0.2) is 9.97 Å². The van der Waals surface area contributed by atoms with Gasteiger partial charge in [0.25, 0.3) is 0 Å². The maximum atomic E-state index is 12.4. The zero-order chi connectivity index (χ0) is 19.4. The number of carbonyl (C=O) groups excluding carboxylic acids is 2. The van der Waals surface area contributed by atoms with E-state index >= 15 is 0 Å². The number of aromatic nitrogens is 2. The molecule has 0 radical (unpaired) electrons. The van der Waals surface area contributed by atoms with Crippen LogP contribution in [-0.2, 0) is 20.7 Å². The second-order valence-corrected chi connectivity index (χ2v) is 7.72. The van der Waals surface area contributed by atoms with Crippen molar-refractivity contribution < 1.29 is 14.3 Å². The highest BCUT2D eigenvalue weighted by molar-refractivity contribution is 5.79. The Hall–Kier alpha value is -2.02. The van der Waals surface area contributed by atoms with Crippen LogP contribution in [0.2, 0.25) is 0 Å². The van der Waals surface area contributed by atoms with E-state index in [4.69, 9.17) is 4.74 Å². The van der Waals surface area contributed by atoms with Crippen LogP contribution in [0, 0.1) is 13.8 Å². The van der Waals surface area contributed by atoms with Crippen LogP contribution in [0.1, 0.15) is 60.8 Å². The van der Waals surface area contributed by atoms with Crippen LogP contribution in [0.3, 0.4) is 0 Å². The summed E-state index contributed by atoms with van der Waals surface area (Å²) in [7, 11) is 1.53. The molecule has 1 N–H and O–H groups in total. The topological polar surface area (TPSA) is 84.4 Å². The summed E-state index contributed by atoms with van der Waals surface area (Å²) in [5, 5.41) is 3.13. The van der Waals surface area contributed by atoms with E-state index in [1.165, 1.54) is 20.0 Å². The van der Waals surface area contributed by atoms with Crippen LogP contribution >= 0.6 is 0 Å². The minimum atomic E-state index is 0.00801. The Morgan fingerprint density at radius 3 is 2.44 bits per heavy atom. The van der Waals surface area contributed by atoms with Gasteiger partial charge in [-0.15, -0.1) is 0 Å². The third kappa shape index (κ3) is 4.83. The van der Waals surface area contributed by atoms with E-state index in [0.29, 0.717) is 25.6 Å². The molecule has 0 unspecified atom stereocenters. The molecule has 1 aromatic rings. The van der Waals surface area contributed by atoms with Gasteiger partial charge in [0.15, 0.2) is 0 Å². The molecule has 1 aliphatic heterocycles. The molecule has 2 amide bonds. The van der Waals surface area contributed by atoms with Crippen LogP contribution in [0.25, 0.3) is 0 Å². The predicted octanol–water partition coefficient (Wildman–Crippen LogP) is 1.66. The summed E-state index contributed by atoms with van der Waals surface area (Å²) in [5.41, 5.74) is 2.64.